The number of carbonyl (C=O) groups is 2. The van der Waals surface area contributed by atoms with Crippen molar-refractivity contribution in [3.05, 3.63) is 29.8 Å². The van der Waals surface area contributed by atoms with Crippen LogP contribution in [-0.4, -0.2) is 80.1 Å². The lowest BCUT2D eigenvalue weighted by atomic mass is 10.1. The van der Waals surface area contributed by atoms with Gasteiger partial charge in [-0.1, -0.05) is 25.0 Å². The lowest BCUT2D eigenvalue weighted by Crippen LogP contribution is -2.54. The first kappa shape index (κ1) is 22.2. The zero-order valence-corrected chi connectivity index (χ0v) is 19.0. The average molecular weight is 449 g/mol. The Labute approximate surface area is 185 Å². The summed E-state index contributed by atoms with van der Waals surface area (Å²) in [5.41, 5.74) is 1.10. The Bertz CT molecular complexity index is 915. The van der Waals surface area contributed by atoms with Crippen LogP contribution in [0.25, 0.3) is 0 Å². The Hall–Kier alpha value is -1.97. The molecule has 0 spiro atoms. The van der Waals surface area contributed by atoms with Gasteiger partial charge < -0.3 is 9.80 Å². The molecule has 2 saturated heterocycles. The highest BCUT2D eigenvalue weighted by Crippen LogP contribution is 2.33. The standard InChI is InChI=1S/C22H32N4O4S/c1-23(21(27)18-10-11-18)20-9-5-4-8-19(20)22(28)24-14-16-26(17-15-24)31(29,30)25-12-6-2-3-7-13-25/h4-5,8-9,18H,2-3,6-7,10-17H2,1H3. The molecule has 1 aromatic rings. The largest absolute Gasteiger partial charge is 0.336 e. The van der Waals surface area contributed by atoms with E-state index in [0.717, 1.165) is 38.5 Å². The lowest BCUT2D eigenvalue weighted by molar-refractivity contribution is -0.119. The molecule has 1 aromatic carbocycles. The van der Waals surface area contributed by atoms with Crippen molar-refractivity contribution in [1.29, 1.82) is 0 Å². The summed E-state index contributed by atoms with van der Waals surface area (Å²) in [6, 6.07) is 7.17. The number of nitrogens with zero attached hydrogens (tertiary/aromatic N) is 4. The number of piperazine rings is 1. The molecule has 9 heteroatoms. The van der Waals surface area contributed by atoms with Crippen molar-refractivity contribution < 1.29 is 18.0 Å². The number of rotatable bonds is 5. The first-order valence-corrected chi connectivity index (χ1v) is 12.7. The molecule has 0 radical (unpaired) electrons. The van der Waals surface area contributed by atoms with Crippen LogP contribution in [0.3, 0.4) is 0 Å². The lowest BCUT2D eigenvalue weighted by Gasteiger charge is -2.37. The van der Waals surface area contributed by atoms with Crippen LogP contribution in [0.4, 0.5) is 5.69 Å². The smallest absolute Gasteiger partial charge is 0.282 e. The van der Waals surface area contributed by atoms with E-state index in [-0.39, 0.29) is 17.7 Å². The molecule has 2 heterocycles. The fraction of sp³-hybridized carbons (Fsp3) is 0.636. The maximum absolute atomic E-state index is 13.2. The maximum atomic E-state index is 13.2. The van der Waals surface area contributed by atoms with Crippen LogP contribution in [0, 0.1) is 5.92 Å². The number of anilines is 1. The topological polar surface area (TPSA) is 81.2 Å². The molecule has 1 aliphatic carbocycles. The van der Waals surface area contributed by atoms with E-state index in [2.05, 4.69) is 0 Å². The Morgan fingerprint density at radius 3 is 2.06 bits per heavy atom. The summed E-state index contributed by atoms with van der Waals surface area (Å²) in [5, 5.41) is 0. The van der Waals surface area contributed by atoms with Crippen molar-refractivity contribution in [1.82, 2.24) is 13.5 Å². The Balaban J connectivity index is 1.42. The third kappa shape index (κ3) is 4.78. The first-order valence-electron chi connectivity index (χ1n) is 11.3. The summed E-state index contributed by atoms with van der Waals surface area (Å²) in [5.74, 6) is -0.0348. The Kier molecular flexibility index (Phi) is 6.64. The zero-order chi connectivity index (χ0) is 22.0. The molecule has 2 amide bonds. The molecule has 2 aliphatic heterocycles. The molecule has 0 aromatic heterocycles. The molecule has 1 saturated carbocycles. The third-order valence-electron chi connectivity index (χ3n) is 6.50. The van der Waals surface area contributed by atoms with Crippen LogP contribution in [0.5, 0.6) is 0 Å². The van der Waals surface area contributed by atoms with Crippen molar-refractivity contribution >= 4 is 27.7 Å². The SMILES string of the molecule is CN(C(=O)C1CC1)c1ccccc1C(=O)N1CCN(S(=O)(=O)N2CCCCCC2)CC1. The number of carbonyl (C=O) groups excluding carboxylic acids is 2. The van der Waals surface area contributed by atoms with E-state index in [4.69, 9.17) is 0 Å². The van der Waals surface area contributed by atoms with Crippen LogP contribution in [0.15, 0.2) is 24.3 Å². The molecular formula is C22H32N4O4S. The molecule has 0 N–H and O–H groups in total. The van der Waals surface area contributed by atoms with E-state index < -0.39 is 10.2 Å². The van der Waals surface area contributed by atoms with Crippen LogP contribution >= 0.6 is 0 Å². The normalized spacial score (nSPS) is 21.5. The highest BCUT2D eigenvalue weighted by atomic mass is 32.2. The van der Waals surface area contributed by atoms with Crippen molar-refractivity contribution in [3.8, 4) is 0 Å². The molecule has 8 nitrogen and oxygen atoms in total. The highest BCUT2D eigenvalue weighted by molar-refractivity contribution is 7.86. The van der Waals surface area contributed by atoms with Gasteiger partial charge in [-0.15, -0.1) is 0 Å². The monoisotopic (exact) mass is 448 g/mol. The van der Waals surface area contributed by atoms with Crippen molar-refractivity contribution in [3.63, 3.8) is 0 Å². The van der Waals surface area contributed by atoms with E-state index in [1.165, 1.54) is 4.31 Å². The van der Waals surface area contributed by atoms with Crippen LogP contribution in [0.1, 0.15) is 48.9 Å². The van der Waals surface area contributed by atoms with Gasteiger partial charge in [-0.25, -0.2) is 0 Å². The van der Waals surface area contributed by atoms with Gasteiger partial charge in [0.05, 0.1) is 11.3 Å². The van der Waals surface area contributed by atoms with Crippen LogP contribution in [0.2, 0.25) is 0 Å². The van der Waals surface area contributed by atoms with Gasteiger partial charge in [0.15, 0.2) is 0 Å². The van der Waals surface area contributed by atoms with Gasteiger partial charge in [0.25, 0.3) is 16.1 Å². The number of para-hydroxylation sites is 1. The zero-order valence-electron chi connectivity index (χ0n) is 18.2. The van der Waals surface area contributed by atoms with E-state index in [0.29, 0.717) is 50.5 Å². The minimum atomic E-state index is -3.48. The van der Waals surface area contributed by atoms with Gasteiger partial charge in [-0.3, -0.25) is 9.59 Å². The molecule has 170 valence electrons. The second kappa shape index (κ2) is 9.26. The average Bonchev–Trinajstić information content (AvgIpc) is 3.65. The van der Waals surface area contributed by atoms with Gasteiger partial charge in [-0.2, -0.15) is 17.0 Å². The fourth-order valence-electron chi connectivity index (χ4n) is 4.40. The molecule has 3 aliphatic rings. The summed E-state index contributed by atoms with van der Waals surface area (Å²) in [6.45, 7) is 2.45. The van der Waals surface area contributed by atoms with E-state index in [1.54, 1.807) is 39.4 Å². The first-order chi connectivity index (χ1) is 14.9. The second-order valence-corrected chi connectivity index (χ2v) is 10.6. The number of hydrogen-bond donors (Lipinski definition) is 0. The molecule has 0 unspecified atom stereocenters. The molecule has 0 bridgehead atoms. The molecule has 3 fully saturated rings. The predicted octanol–water partition coefficient (Wildman–Crippen LogP) is 1.94. The predicted molar refractivity (Wildman–Crippen MR) is 119 cm³/mol. The molecule has 31 heavy (non-hydrogen) atoms. The number of hydrogen-bond acceptors (Lipinski definition) is 4. The van der Waals surface area contributed by atoms with E-state index in [9.17, 15) is 18.0 Å². The van der Waals surface area contributed by atoms with Crippen molar-refractivity contribution in [2.45, 2.75) is 38.5 Å². The number of amides is 2. The molecule has 4 rings (SSSR count). The summed E-state index contributed by atoms with van der Waals surface area (Å²) in [7, 11) is -1.76. The summed E-state index contributed by atoms with van der Waals surface area (Å²) >= 11 is 0. The van der Waals surface area contributed by atoms with Crippen molar-refractivity contribution in [2.75, 3.05) is 51.2 Å². The van der Waals surface area contributed by atoms with Gasteiger partial charge in [0.2, 0.25) is 5.91 Å². The fourth-order valence-corrected chi connectivity index (χ4v) is 6.07. The second-order valence-electron chi connectivity index (χ2n) is 8.70. The maximum Gasteiger partial charge on any atom is 0.282 e. The summed E-state index contributed by atoms with van der Waals surface area (Å²) < 4.78 is 29.2. The Morgan fingerprint density at radius 1 is 0.871 bits per heavy atom. The highest BCUT2D eigenvalue weighted by Gasteiger charge is 2.36. The third-order valence-corrected chi connectivity index (χ3v) is 8.53. The Morgan fingerprint density at radius 2 is 1.45 bits per heavy atom. The summed E-state index contributed by atoms with van der Waals surface area (Å²) in [4.78, 5) is 29.0. The number of benzene rings is 1. The van der Waals surface area contributed by atoms with Gasteiger partial charge in [0.1, 0.15) is 0 Å². The molecular weight excluding hydrogens is 416 g/mol. The van der Waals surface area contributed by atoms with Crippen LogP contribution in [-0.2, 0) is 15.0 Å². The minimum absolute atomic E-state index is 0.0496. The minimum Gasteiger partial charge on any atom is -0.336 e. The molecule has 0 atom stereocenters. The van der Waals surface area contributed by atoms with Crippen molar-refractivity contribution in [2.24, 2.45) is 5.92 Å². The van der Waals surface area contributed by atoms with Gasteiger partial charge in [0, 0.05) is 52.2 Å². The van der Waals surface area contributed by atoms with E-state index in [1.807, 2.05) is 6.07 Å². The van der Waals surface area contributed by atoms with Gasteiger partial charge >= 0.3 is 0 Å². The quantitative estimate of drug-likeness (QED) is 0.689. The van der Waals surface area contributed by atoms with Gasteiger partial charge in [-0.05, 0) is 37.8 Å². The van der Waals surface area contributed by atoms with E-state index >= 15 is 0 Å². The summed E-state index contributed by atoms with van der Waals surface area (Å²) in [6.07, 6.45) is 5.78. The van der Waals surface area contributed by atoms with Crippen LogP contribution < -0.4 is 4.90 Å².